The first kappa shape index (κ1) is 33.4. The standard InChI is InChI=1S/C35H50Cl2O2/c1-26(2)12-8-13-27(3)14-9-15-28(4)16-10-17-29(5)22-23-39-35(38)25-31-19-7-6-18-30(31)24-32-33(36)20-11-21-34(32)37/h6-7,11,18-22,26-28H,8-10,12-17,23-25H2,1-5H3/b29-22+/t27-,28-/m1/s1. The number of hydrogen-bond donors (Lipinski definition) is 0. The van der Waals surface area contributed by atoms with Crippen molar-refractivity contribution >= 4 is 29.2 Å². The van der Waals surface area contributed by atoms with E-state index in [0.717, 1.165) is 40.9 Å². The summed E-state index contributed by atoms with van der Waals surface area (Å²) in [5.41, 5.74) is 4.15. The van der Waals surface area contributed by atoms with E-state index in [1.165, 1.54) is 56.9 Å². The topological polar surface area (TPSA) is 26.3 Å². The van der Waals surface area contributed by atoms with E-state index in [9.17, 15) is 4.79 Å². The van der Waals surface area contributed by atoms with Crippen LogP contribution in [0.3, 0.4) is 0 Å². The lowest BCUT2D eigenvalue weighted by molar-refractivity contribution is -0.141. The van der Waals surface area contributed by atoms with Crippen LogP contribution in [0.25, 0.3) is 0 Å². The van der Waals surface area contributed by atoms with Crippen molar-refractivity contribution in [2.45, 2.75) is 105 Å². The molecule has 0 saturated carbocycles. The van der Waals surface area contributed by atoms with Gasteiger partial charge in [0.05, 0.1) is 6.42 Å². The van der Waals surface area contributed by atoms with Gasteiger partial charge in [0.1, 0.15) is 6.61 Å². The molecule has 4 heteroatoms. The minimum absolute atomic E-state index is 0.219. The van der Waals surface area contributed by atoms with Crippen molar-refractivity contribution in [2.24, 2.45) is 17.8 Å². The molecule has 0 amide bonds. The van der Waals surface area contributed by atoms with Crippen LogP contribution in [0, 0.1) is 17.8 Å². The number of rotatable bonds is 18. The zero-order valence-electron chi connectivity index (χ0n) is 24.9. The maximum atomic E-state index is 12.6. The number of ether oxygens (including phenoxy) is 1. The minimum Gasteiger partial charge on any atom is -0.461 e. The predicted molar refractivity (Wildman–Crippen MR) is 169 cm³/mol. The first-order valence-corrected chi connectivity index (χ1v) is 15.7. The monoisotopic (exact) mass is 572 g/mol. The van der Waals surface area contributed by atoms with Crippen molar-refractivity contribution in [3.05, 3.63) is 80.8 Å². The summed E-state index contributed by atoms with van der Waals surface area (Å²) < 4.78 is 5.55. The van der Waals surface area contributed by atoms with Gasteiger partial charge in [-0.15, -0.1) is 0 Å². The van der Waals surface area contributed by atoms with Crippen LogP contribution < -0.4 is 0 Å². The van der Waals surface area contributed by atoms with Gasteiger partial charge in [-0.05, 0) is 72.4 Å². The summed E-state index contributed by atoms with van der Waals surface area (Å²) in [6.45, 7) is 11.9. The molecule has 0 heterocycles. The zero-order valence-corrected chi connectivity index (χ0v) is 26.4. The van der Waals surface area contributed by atoms with Gasteiger partial charge in [0.25, 0.3) is 0 Å². The zero-order chi connectivity index (χ0) is 28.6. The van der Waals surface area contributed by atoms with Gasteiger partial charge in [-0.25, -0.2) is 0 Å². The van der Waals surface area contributed by atoms with Crippen molar-refractivity contribution in [1.82, 2.24) is 0 Å². The van der Waals surface area contributed by atoms with Gasteiger partial charge in [-0.3, -0.25) is 4.79 Å². The molecule has 2 aromatic carbocycles. The van der Waals surface area contributed by atoms with Gasteiger partial charge in [0.15, 0.2) is 0 Å². The SMILES string of the molecule is C/C(=C\COC(=O)Cc1ccccc1Cc1c(Cl)cccc1Cl)CCC[C@H](C)CCC[C@H](C)CCCC(C)C. The Bertz CT molecular complexity index is 1010. The minimum atomic E-state index is -0.219. The van der Waals surface area contributed by atoms with Gasteiger partial charge in [0, 0.05) is 16.5 Å². The van der Waals surface area contributed by atoms with E-state index in [1.54, 1.807) is 0 Å². The van der Waals surface area contributed by atoms with E-state index in [0.29, 0.717) is 23.1 Å². The van der Waals surface area contributed by atoms with Gasteiger partial charge in [-0.2, -0.15) is 0 Å². The Morgan fingerprint density at radius 1 is 0.795 bits per heavy atom. The molecule has 0 unspecified atom stereocenters. The Labute approximate surface area is 248 Å². The van der Waals surface area contributed by atoms with E-state index in [-0.39, 0.29) is 12.4 Å². The first-order valence-electron chi connectivity index (χ1n) is 15.0. The Hall–Kier alpha value is -1.77. The average molecular weight is 574 g/mol. The Morgan fingerprint density at radius 3 is 1.97 bits per heavy atom. The van der Waals surface area contributed by atoms with Crippen LogP contribution in [0.5, 0.6) is 0 Å². The highest BCUT2D eigenvalue weighted by Crippen LogP contribution is 2.28. The molecule has 0 aliphatic rings. The maximum absolute atomic E-state index is 12.6. The van der Waals surface area contributed by atoms with Crippen LogP contribution in [-0.4, -0.2) is 12.6 Å². The van der Waals surface area contributed by atoms with E-state index in [4.69, 9.17) is 27.9 Å². The molecule has 0 aliphatic carbocycles. The lowest BCUT2D eigenvalue weighted by Crippen LogP contribution is -2.10. The molecule has 2 nitrogen and oxygen atoms in total. The van der Waals surface area contributed by atoms with Crippen molar-refractivity contribution in [2.75, 3.05) is 6.61 Å². The van der Waals surface area contributed by atoms with Gasteiger partial charge in [-0.1, -0.05) is 132 Å². The summed E-state index contributed by atoms with van der Waals surface area (Å²) in [5.74, 6) is 2.25. The largest absolute Gasteiger partial charge is 0.461 e. The van der Waals surface area contributed by atoms with Crippen molar-refractivity contribution in [1.29, 1.82) is 0 Å². The molecule has 0 spiro atoms. The van der Waals surface area contributed by atoms with E-state index in [1.807, 2.05) is 42.5 Å². The van der Waals surface area contributed by atoms with Gasteiger partial charge >= 0.3 is 5.97 Å². The number of allylic oxidation sites excluding steroid dienone is 1. The lowest BCUT2D eigenvalue weighted by atomic mass is 9.91. The van der Waals surface area contributed by atoms with Crippen molar-refractivity contribution in [3.63, 3.8) is 0 Å². The second-order valence-electron chi connectivity index (χ2n) is 11.9. The van der Waals surface area contributed by atoms with Crippen molar-refractivity contribution < 1.29 is 9.53 Å². The number of benzene rings is 2. The van der Waals surface area contributed by atoms with Crippen LogP contribution in [0.4, 0.5) is 0 Å². The second kappa shape index (κ2) is 18.6. The highest BCUT2D eigenvalue weighted by Gasteiger charge is 2.13. The molecule has 0 bridgehead atoms. The molecule has 39 heavy (non-hydrogen) atoms. The molecule has 0 N–H and O–H groups in total. The Kier molecular flexibility index (Phi) is 15.9. The predicted octanol–water partition coefficient (Wildman–Crippen LogP) is 11.1. The third-order valence-corrected chi connectivity index (χ3v) is 8.41. The molecule has 0 radical (unpaired) electrons. The Morgan fingerprint density at radius 2 is 1.36 bits per heavy atom. The molecule has 2 atom stereocenters. The van der Waals surface area contributed by atoms with Gasteiger partial charge < -0.3 is 4.74 Å². The molecule has 0 aliphatic heterocycles. The lowest BCUT2D eigenvalue weighted by Gasteiger charge is -2.15. The average Bonchev–Trinajstić information content (AvgIpc) is 2.87. The number of carbonyl (C=O) groups excluding carboxylic acids is 1. The maximum Gasteiger partial charge on any atom is 0.310 e. The molecular formula is C35H50Cl2O2. The van der Waals surface area contributed by atoms with E-state index < -0.39 is 0 Å². The fourth-order valence-corrected chi connectivity index (χ4v) is 5.62. The molecule has 2 aromatic rings. The van der Waals surface area contributed by atoms with E-state index >= 15 is 0 Å². The van der Waals surface area contributed by atoms with Crippen LogP contribution in [0.15, 0.2) is 54.1 Å². The summed E-state index contributed by atoms with van der Waals surface area (Å²) in [6, 6.07) is 13.4. The van der Waals surface area contributed by atoms with E-state index in [2.05, 4.69) is 40.7 Å². The molecule has 216 valence electrons. The normalized spacial score (nSPS) is 13.5. The van der Waals surface area contributed by atoms with Gasteiger partial charge in [0.2, 0.25) is 0 Å². The van der Waals surface area contributed by atoms with Crippen LogP contribution in [0.1, 0.15) is 109 Å². The Balaban J connectivity index is 1.67. The smallest absolute Gasteiger partial charge is 0.310 e. The fourth-order valence-electron chi connectivity index (χ4n) is 5.09. The first-order chi connectivity index (χ1) is 18.7. The third kappa shape index (κ3) is 13.9. The highest BCUT2D eigenvalue weighted by molar-refractivity contribution is 6.36. The quantitative estimate of drug-likeness (QED) is 0.131. The summed E-state index contributed by atoms with van der Waals surface area (Å²) >= 11 is 12.7. The second-order valence-corrected chi connectivity index (χ2v) is 12.7. The fraction of sp³-hybridized carbons (Fsp3) is 0.571. The number of carbonyl (C=O) groups is 1. The van der Waals surface area contributed by atoms with Crippen molar-refractivity contribution in [3.8, 4) is 0 Å². The molecular weight excluding hydrogens is 523 g/mol. The number of hydrogen-bond acceptors (Lipinski definition) is 2. The number of halogens is 2. The summed E-state index contributed by atoms with van der Waals surface area (Å²) in [6.07, 6.45) is 14.6. The summed E-state index contributed by atoms with van der Waals surface area (Å²) in [5, 5.41) is 1.27. The highest BCUT2D eigenvalue weighted by atomic mass is 35.5. The summed E-state index contributed by atoms with van der Waals surface area (Å²) in [4.78, 5) is 12.6. The van der Waals surface area contributed by atoms with Crippen LogP contribution in [0.2, 0.25) is 10.0 Å². The van der Waals surface area contributed by atoms with Crippen LogP contribution >= 0.6 is 23.2 Å². The molecule has 0 saturated heterocycles. The molecule has 0 aromatic heterocycles. The summed E-state index contributed by atoms with van der Waals surface area (Å²) in [7, 11) is 0. The number of esters is 1. The third-order valence-electron chi connectivity index (χ3n) is 7.70. The van der Waals surface area contributed by atoms with Crippen LogP contribution in [-0.2, 0) is 22.4 Å². The molecule has 2 rings (SSSR count). The molecule has 0 fully saturated rings.